The van der Waals surface area contributed by atoms with Crippen LogP contribution in [0.25, 0.3) is 82.4 Å². The Morgan fingerprint density at radius 1 is 0.293 bits per heavy atom. The van der Waals surface area contributed by atoms with Gasteiger partial charge in [-0.25, -0.2) is 0 Å². The molecule has 0 radical (unpaired) electrons. The molecule has 1 heterocycles. The van der Waals surface area contributed by atoms with Gasteiger partial charge in [0.05, 0.1) is 16.7 Å². The molecule has 0 bridgehead atoms. The van der Waals surface area contributed by atoms with Gasteiger partial charge in [0.2, 0.25) is 0 Å². The highest BCUT2D eigenvalue weighted by Crippen LogP contribution is 2.43. The van der Waals surface area contributed by atoms with Gasteiger partial charge in [0.25, 0.3) is 0 Å². The Balaban J connectivity index is 1.03. The number of para-hydroxylation sites is 2. The summed E-state index contributed by atoms with van der Waals surface area (Å²) in [4.78, 5) is 2.40. The first-order chi connectivity index (χ1) is 28.7. The molecule has 11 aromatic rings. The van der Waals surface area contributed by atoms with Crippen LogP contribution in [0.5, 0.6) is 0 Å². The number of benzene rings is 10. The molecular weight excluding hydrogens is 701 g/mol. The highest BCUT2D eigenvalue weighted by atomic mass is 15.1. The highest BCUT2D eigenvalue weighted by molar-refractivity contribution is 6.13. The summed E-state index contributed by atoms with van der Waals surface area (Å²) in [5.74, 6) is 0. The molecule has 0 saturated carbocycles. The van der Waals surface area contributed by atoms with Crippen LogP contribution in [-0.4, -0.2) is 4.57 Å². The molecule has 0 aliphatic rings. The molecule has 0 aliphatic heterocycles. The quantitative estimate of drug-likeness (QED) is 0.158. The third-order valence-corrected chi connectivity index (χ3v) is 11.5. The van der Waals surface area contributed by atoms with E-state index in [1.54, 1.807) is 0 Å². The molecule has 0 aliphatic carbocycles. The van der Waals surface area contributed by atoms with E-state index in [9.17, 15) is 0 Å². The Morgan fingerprint density at radius 3 is 1.69 bits per heavy atom. The van der Waals surface area contributed by atoms with E-state index in [4.69, 9.17) is 0 Å². The predicted octanol–water partition coefficient (Wildman–Crippen LogP) is 15.6. The third-order valence-electron chi connectivity index (χ3n) is 11.5. The molecular formula is C56H38N2. The molecule has 0 atom stereocenters. The summed E-state index contributed by atoms with van der Waals surface area (Å²) in [5, 5.41) is 7.52. The van der Waals surface area contributed by atoms with E-state index in [0.29, 0.717) is 0 Å². The lowest BCUT2D eigenvalue weighted by atomic mass is 9.99. The van der Waals surface area contributed by atoms with Crippen molar-refractivity contribution in [1.82, 2.24) is 4.57 Å². The maximum atomic E-state index is 2.41. The standard InChI is InChI=1S/C56H38N2/c1-2-13-39(14-3-1)44-19-12-20-50(36-44)57(48-31-27-41(28-32-48)47-26-25-40-15-4-5-16-43(40)35-47)54-23-10-8-21-51(54)42-29-33-49(34-30-42)58-55-24-11-9-22-52(55)53-37-45-17-6-7-18-46(45)38-56(53)58/h1-38H. The van der Waals surface area contributed by atoms with Crippen molar-refractivity contribution in [1.29, 1.82) is 0 Å². The van der Waals surface area contributed by atoms with Crippen LogP contribution in [0, 0.1) is 0 Å². The summed E-state index contributed by atoms with van der Waals surface area (Å²) in [6.45, 7) is 0. The van der Waals surface area contributed by atoms with E-state index >= 15 is 0 Å². The maximum Gasteiger partial charge on any atom is 0.0547 e. The lowest BCUT2D eigenvalue weighted by Crippen LogP contribution is -2.11. The Morgan fingerprint density at radius 2 is 0.879 bits per heavy atom. The van der Waals surface area contributed by atoms with Gasteiger partial charge in [0, 0.05) is 33.4 Å². The lowest BCUT2D eigenvalue weighted by Gasteiger charge is -2.28. The van der Waals surface area contributed by atoms with Crippen LogP contribution in [0.15, 0.2) is 231 Å². The van der Waals surface area contributed by atoms with Gasteiger partial charge in [-0.1, -0.05) is 164 Å². The van der Waals surface area contributed by atoms with Gasteiger partial charge in [-0.3, -0.25) is 0 Å². The van der Waals surface area contributed by atoms with Crippen LogP contribution in [0.2, 0.25) is 0 Å². The van der Waals surface area contributed by atoms with E-state index in [1.807, 2.05) is 0 Å². The zero-order chi connectivity index (χ0) is 38.4. The van der Waals surface area contributed by atoms with Crippen molar-refractivity contribution in [3.63, 3.8) is 0 Å². The van der Waals surface area contributed by atoms with Crippen LogP contribution < -0.4 is 4.90 Å². The topological polar surface area (TPSA) is 8.17 Å². The van der Waals surface area contributed by atoms with Crippen LogP contribution in [0.4, 0.5) is 17.1 Å². The number of rotatable bonds is 7. The number of fused-ring (bicyclic) bond motifs is 5. The number of anilines is 3. The molecule has 58 heavy (non-hydrogen) atoms. The van der Waals surface area contributed by atoms with E-state index in [-0.39, 0.29) is 0 Å². The van der Waals surface area contributed by atoms with Crippen LogP contribution in [0.3, 0.4) is 0 Å². The minimum absolute atomic E-state index is 1.09. The second kappa shape index (κ2) is 14.1. The minimum atomic E-state index is 1.09. The van der Waals surface area contributed by atoms with Crippen molar-refractivity contribution in [3.05, 3.63) is 231 Å². The normalized spacial score (nSPS) is 11.4. The van der Waals surface area contributed by atoms with Gasteiger partial charge < -0.3 is 9.47 Å². The summed E-state index contributed by atoms with van der Waals surface area (Å²) in [6, 6.07) is 83.7. The average Bonchev–Trinajstić information content (AvgIpc) is 3.62. The zero-order valence-corrected chi connectivity index (χ0v) is 31.8. The Bertz CT molecular complexity index is 3270. The van der Waals surface area contributed by atoms with Gasteiger partial charge in [-0.05, 0) is 116 Å². The molecule has 272 valence electrons. The SMILES string of the molecule is c1ccc(-c2cccc(N(c3ccc(-c4ccc5ccccc5c4)cc3)c3ccccc3-c3ccc(-n4c5ccccc5c5cc6ccccc6cc54)cc3)c2)cc1. The average molecular weight is 739 g/mol. The Hall–Kier alpha value is -7.68. The molecule has 0 amide bonds. The van der Waals surface area contributed by atoms with Crippen molar-refractivity contribution < 1.29 is 0 Å². The molecule has 1 aromatic heterocycles. The number of aromatic nitrogens is 1. The molecule has 0 N–H and O–H groups in total. The van der Waals surface area contributed by atoms with Gasteiger partial charge in [-0.2, -0.15) is 0 Å². The summed E-state index contributed by atoms with van der Waals surface area (Å²) in [5.41, 5.74) is 13.9. The largest absolute Gasteiger partial charge is 0.310 e. The molecule has 0 fully saturated rings. The first-order valence-corrected chi connectivity index (χ1v) is 19.9. The molecule has 11 rings (SSSR count). The van der Waals surface area contributed by atoms with Gasteiger partial charge in [0.1, 0.15) is 0 Å². The maximum absolute atomic E-state index is 2.41. The van der Waals surface area contributed by atoms with Crippen LogP contribution in [0.1, 0.15) is 0 Å². The smallest absolute Gasteiger partial charge is 0.0547 e. The lowest BCUT2D eigenvalue weighted by molar-refractivity contribution is 1.18. The molecule has 2 nitrogen and oxygen atoms in total. The molecule has 0 spiro atoms. The highest BCUT2D eigenvalue weighted by Gasteiger charge is 2.19. The third kappa shape index (κ3) is 5.91. The first-order valence-electron chi connectivity index (χ1n) is 19.9. The van der Waals surface area contributed by atoms with E-state index in [2.05, 4.69) is 240 Å². The van der Waals surface area contributed by atoms with Crippen LogP contribution in [-0.2, 0) is 0 Å². The van der Waals surface area contributed by atoms with Crippen molar-refractivity contribution in [3.8, 4) is 39.1 Å². The Labute approximate surface area is 338 Å². The monoisotopic (exact) mass is 738 g/mol. The van der Waals surface area contributed by atoms with E-state index < -0.39 is 0 Å². The second-order valence-corrected chi connectivity index (χ2v) is 15.0. The molecule has 2 heteroatoms. The molecule has 0 unspecified atom stereocenters. The first kappa shape index (κ1) is 33.6. The molecule has 0 saturated heterocycles. The number of hydrogen-bond acceptors (Lipinski definition) is 1. The number of hydrogen-bond donors (Lipinski definition) is 0. The van der Waals surface area contributed by atoms with Crippen LogP contribution >= 0.6 is 0 Å². The van der Waals surface area contributed by atoms with Crippen molar-refractivity contribution in [2.45, 2.75) is 0 Å². The van der Waals surface area contributed by atoms with E-state index in [0.717, 1.165) is 33.9 Å². The fourth-order valence-electron chi connectivity index (χ4n) is 8.69. The zero-order valence-electron chi connectivity index (χ0n) is 31.8. The predicted molar refractivity (Wildman–Crippen MR) is 247 cm³/mol. The van der Waals surface area contributed by atoms with Gasteiger partial charge in [-0.15, -0.1) is 0 Å². The summed E-state index contributed by atoms with van der Waals surface area (Å²) < 4.78 is 2.41. The Kier molecular flexibility index (Phi) is 8.19. The molecule has 10 aromatic carbocycles. The van der Waals surface area contributed by atoms with Crippen molar-refractivity contribution >= 4 is 60.4 Å². The van der Waals surface area contributed by atoms with Crippen molar-refractivity contribution in [2.75, 3.05) is 4.90 Å². The van der Waals surface area contributed by atoms with Gasteiger partial charge in [0.15, 0.2) is 0 Å². The summed E-state index contributed by atoms with van der Waals surface area (Å²) >= 11 is 0. The summed E-state index contributed by atoms with van der Waals surface area (Å²) in [7, 11) is 0. The second-order valence-electron chi connectivity index (χ2n) is 15.0. The van der Waals surface area contributed by atoms with E-state index in [1.165, 1.54) is 65.6 Å². The van der Waals surface area contributed by atoms with Crippen molar-refractivity contribution in [2.24, 2.45) is 0 Å². The number of nitrogens with zero attached hydrogens (tertiary/aromatic N) is 2. The fraction of sp³-hybridized carbons (Fsp3) is 0. The van der Waals surface area contributed by atoms with Gasteiger partial charge >= 0.3 is 0 Å². The summed E-state index contributed by atoms with van der Waals surface area (Å²) in [6.07, 6.45) is 0. The minimum Gasteiger partial charge on any atom is -0.310 e. The fourth-order valence-corrected chi connectivity index (χ4v) is 8.69.